The number of hydrogen-bond donors (Lipinski definition) is 1. The number of rotatable bonds is 2. The predicted octanol–water partition coefficient (Wildman–Crippen LogP) is 1.45. The van der Waals surface area contributed by atoms with Crippen molar-refractivity contribution in [1.82, 2.24) is 9.97 Å². The van der Waals surface area contributed by atoms with Gasteiger partial charge in [0, 0.05) is 18.7 Å². The SMILES string of the molecule is Cc1nc(Cl)c(C)c(N2CCC(C)(C(N)=O)C2)n1. The van der Waals surface area contributed by atoms with Crippen molar-refractivity contribution in [2.75, 3.05) is 18.0 Å². The Hall–Kier alpha value is -1.36. The van der Waals surface area contributed by atoms with Gasteiger partial charge < -0.3 is 10.6 Å². The molecular weight excluding hydrogens is 252 g/mol. The first-order chi connectivity index (χ1) is 8.33. The molecule has 2 rings (SSSR count). The lowest BCUT2D eigenvalue weighted by Crippen LogP contribution is -2.37. The molecule has 98 valence electrons. The minimum atomic E-state index is -0.488. The van der Waals surface area contributed by atoms with Gasteiger partial charge in [-0.05, 0) is 27.2 Å². The minimum absolute atomic E-state index is 0.264. The van der Waals surface area contributed by atoms with E-state index in [-0.39, 0.29) is 5.91 Å². The van der Waals surface area contributed by atoms with E-state index in [4.69, 9.17) is 17.3 Å². The van der Waals surface area contributed by atoms with Crippen LogP contribution in [0.3, 0.4) is 0 Å². The van der Waals surface area contributed by atoms with Gasteiger partial charge in [0.25, 0.3) is 0 Å². The lowest BCUT2D eigenvalue weighted by atomic mass is 9.89. The van der Waals surface area contributed by atoms with E-state index in [1.807, 2.05) is 13.8 Å². The molecule has 1 aromatic heterocycles. The number of nitrogens with zero attached hydrogens (tertiary/aromatic N) is 3. The highest BCUT2D eigenvalue weighted by Crippen LogP contribution is 2.34. The summed E-state index contributed by atoms with van der Waals surface area (Å²) < 4.78 is 0. The van der Waals surface area contributed by atoms with Crippen LogP contribution in [0.15, 0.2) is 0 Å². The van der Waals surface area contributed by atoms with E-state index in [0.29, 0.717) is 17.5 Å². The van der Waals surface area contributed by atoms with Crippen LogP contribution in [0.4, 0.5) is 5.82 Å². The molecule has 1 amide bonds. The zero-order valence-electron chi connectivity index (χ0n) is 10.8. The molecule has 18 heavy (non-hydrogen) atoms. The average Bonchev–Trinajstić information content (AvgIpc) is 2.67. The molecule has 2 heterocycles. The summed E-state index contributed by atoms with van der Waals surface area (Å²) in [6.07, 6.45) is 0.739. The molecule has 1 saturated heterocycles. The van der Waals surface area contributed by atoms with Crippen LogP contribution in [0.1, 0.15) is 24.7 Å². The number of nitrogens with two attached hydrogens (primary N) is 1. The van der Waals surface area contributed by atoms with E-state index in [1.165, 1.54) is 0 Å². The van der Waals surface area contributed by atoms with Crippen molar-refractivity contribution in [3.63, 3.8) is 0 Å². The number of carbonyl (C=O) groups is 1. The Bertz CT molecular complexity index is 505. The highest BCUT2D eigenvalue weighted by Gasteiger charge is 2.39. The summed E-state index contributed by atoms with van der Waals surface area (Å²) in [7, 11) is 0. The second-order valence-corrected chi connectivity index (χ2v) is 5.46. The second-order valence-electron chi connectivity index (χ2n) is 5.11. The molecule has 1 atom stereocenters. The summed E-state index contributed by atoms with van der Waals surface area (Å²) in [5.41, 5.74) is 5.80. The van der Waals surface area contributed by atoms with Crippen LogP contribution >= 0.6 is 11.6 Å². The van der Waals surface area contributed by atoms with Crippen molar-refractivity contribution in [1.29, 1.82) is 0 Å². The smallest absolute Gasteiger partial charge is 0.225 e. The van der Waals surface area contributed by atoms with Gasteiger partial charge in [-0.3, -0.25) is 4.79 Å². The van der Waals surface area contributed by atoms with Gasteiger partial charge in [-0.2, -0.15) is 0 Å². The first-order valence-corrected chi connectivity index (χ1v) is 6.27. The number of aryl methyl sites for hydroxylation is 1. The van der Waals surface area contributed by atoms with E-state index in [0.717, 1.165) is 24.3 Å². The Kier molecular flexibility index (Phi) is 3.19. The van der Waals surface area contributed by atoms with Gasteiger partial charge in [0.1, 0.15) is 16.8 Å². The molecule has 0 aromatic carbocycles. The quantitative estimate of drug-likeness (QED) is 0.824. The number of carbonyl (C=O) groups excluding carboxylic acids is 1. The van der Waals surface area contributed by atoms with E-state index < -0.39 is 5.41 Å². The normalized spacial score (nSPS) is 23.4. The van der Waals surface area contributed by atoms with E-state index in [9.17, 15) is 4.79 Å². The zero-order valence-corrected chi connectivity index (χ0v) is 11.6. The van der Waals surface area contributed by atoms with E-state index in [2.05, 4.69) is 14.9 Å². The van der Waals surface area contributed by atoms with Crippen molar-refractivity contribution in [3.05, 3.63) is 16.5 Å². The molecule has 1 aliphatic heterocycles. The molecule has 2 N–H and O–H groups in total. The fourth-order valence-corrected chi connectivity index (χ4v) is 2.44. The number of halogens is 1. The lowest BCUT2D eigenvalue weighted by molar-refractivity contribution is -0.125. The highest BCUT2D eigenvalue weighted by atomic mass is 35.5. The standard InChI is InChI=1S/C12H17ClN4O/c1-7-9(13)15-8(2)16-10(7)17-5-4-12(3,6-17)11(14)18/h4-6H2,1-3H3,(H2,14,18). The third-order valence-corrected chi connectivity index (χ3v) is 3.91. The third-order valence-electron chi connectivity index (χ3n) is 3.54. The van der Waals surface area contributed by atoms with Gasteiger partial charge in [0.15, 0.2) is 0 Å². The molecule has 0 aliphatic carbocycles. The zero-order chi connectivity index (χ0) is 13.5. The molecule has 0 saturated carbocycles. The first-order valence-electron chi connectivity index (χ1n) is 5.89. The highest BCUT2D eigenvalue weighted by molar-refractivity contribution is 6.30. The van der Waals surface area contributed by atoms with E-state index >= 15 is 0 Å². The maximum atomic E-state index is 11.5. The topological polar surface area (TPSA) is 72.1 Å². The van der Waals surface area contributed by atoms with Crippen LogP contribution in [-0.4, -0.2) is 29.0 Å². The molecule has 6 heteroatoms. The fraction of sp³-hybridized carbons (Fsp3) is 0.583. The summed E-state index contributed by atoms with van der Waals surface area (Å²) >= 11 is 6.06. The van der Waals surface area contributed by atoms with Crippen LogP contribution in [0.25, 0.3) is 0 Å². The maximum Gasteiger partial charge on any atom is 0.225 e. The summed E-state index contributed by atoms with van der Waals surface area (Å²) in [4.78, 5) is 22.0. The van der Waals surface area contributed by atoms with Gasteiger partial charge >= 0.3 is 0 Å². The summed E-state index contributed by atoms with van der Waals surface area (Å²) in [6, 6.07) is 0. The van der Waals surface area contributed by atoms with Crippen molar-refractivity contribution in [3.8, 4) is 0 Å². The van der Waals surface area contributed by atoms with Crippen LogP contribution in [-0.2, 0) is 4.79 Å². The number of anilines is 1. The second kappa shape index (κ2) is 4.39. The fourth-order valence-electron chi connectivity index (χ4n) is 2.23. The molecule has 0 spiro atoms. The number of aromatic nitrogens is 2. The molecular formula is C12H17ClN4O. The molecule has 5 nitrogen and oxygen atoms in total. The van der Waals surface area contributed by atoms with Gasteiger partial charge in [-0.1, -0.05) is 11.6 Å². The molecule has 1 aliphatic rings. The molecule has 0 bridgehead atoms. The van der Waals surface area contributed by atoms with Crippen molar-refractivity contribution in [2.45, 2.75) is 27.2 Å². The Morgan fingerprint density at radius 3 is 2.67 bits per heavy atom. The molecule has 1 aromatic rings. The summed E-state index contributed by atoms with van der Waals surface area (Å²) in [6.45, 7) is 6.92. The lowest BCUT2D eigenvalue weighted by Gasteiger charge is -2.23. The van der Waals surface area contributed by atoms with Crippen LogP contribution in [0.5, 0.6) is 0 Å². The van der Waals surface area contributed by atoms with Gasteiger partial charge in [-0.25, -0.2) is 9.97 Å². The minimum Gasteiger partial charge on any atom is -0.369 e. The van der Waals surface area contributed by atoms with Crippen molar-refractivity contribution < 1.29 is 4.79 Å². The number of hydrogen-bond acceptors (Lipinski definition) is 4. The first kappa shape index (κ1) is 13.1. The number of amides is 1. The molecule has 0 radical (unpaired) electrons. The predicted molar refractivity (Wildman–Crippen MR) is 70.6 cm³/mol. The van der Waals surface area contributed by atoms with Crippen LogP contribution in [0, 0.1) is 19.3 Å². The third kappa shape index (κ3) is 2.14. The van der Waals surface area contributed by atoms with Crippen molar-refractivity contribution in [2.24, 2.45) is 11.1 Å². The Balaban J connectivity index is 2.33. The van der Waals surface area contributed by atoms with E-state index in [1.54, 1.807) is 6.92 Å². The van der Waals surface area contributed by atoms with Gasteiger partial charge in [-0.15, -0.1) is 0 Å². The largest absolute Gasteiger partial charge is 0.369 e. The van der Waals surface area contributed by atoms with Crippen LogP contribution in [0.2, 0.25) is 5.15 Å². The molecule has 1 fully saturated rings. The summed E-state index contributed by atoms with van der Waals surface area (Å²) in [5.74, 6) is 1.17. The maximum absolute atomic E-state index is 11.5. The number of primary amides is 1. The van der Waals surface area contributed by atoms with Gasteiger partial charge in [0.05, 0.1) is 5.41 Å². The van der Waals surface area contributed by atoms with Gasteiger partial charge in [0.2, 0.25) is 5.91 Å². The monoisotopic (exact) mass is 268 g/mol. The Morgan fingerprint density at radius 1 is 1.44 bits per heavy atom. The van der Waals surface area contributed by atoms with Crippen LogP contribution < -0.4 is 10.6 Å². The molecule has 1 unspecified atom stereocenters. The Labute approximate surface area is 111 Å². The average molecular weight is 269 g/mol. The Morgan fingerprint density at radius 2 is 2.11 bits per heavy atom. The van der Waals surface area contributed by atoms with Crippen molar-refractivity contribution >= 4 is 23.3 Å². The summed E-state index contributed by atoms with van der Waals surface area (Å²) in [5, 5.41) is 0.463.